The predicted octanol–water partition coefficient (Wildman–Crippen LogP) is 2.32. The van der Waals surface area contributed by atoms with Crippen molar-refractivity contribution in [3.63, 3.8) is 0 Å². The summed E-state index contributed by atoms with van der Waals surface area (Å²) in [6.45, 7) is 8.45. The van der Waals surface area contributed by atoms with Crippen LogP contribution < -0.4 is 20.1 Å². The Labute approximate surface area is 150 Å². The van der Waals surface area contributed by atoms with E-state index in [0.717, 1.165) is 6.42 Å². The van der Waals surface area contributed by atoms with E-state index in [0.29, 0.717) is 17.9 Å². The van der Waals surface area contributed by atoms with Crippen molar-refractivity contribution in [1.82, 2.24) is 10.6 Å². The molecule has 0 bridgehead atoms. The standard InChI is InChI=1S/C19H30N2O4/c1-6-8-16(21-19(2,3)4)17(22)18(23)20-11-12-25-15-10-7-9-14(13-15)24-5/h7,9-10,13,16,21H,6,8,11-12H2,1-5H3,(H,20,23). The van der Waals surface area contributed by atoms with Crippen LogP contribution in [0.15, 0.2) is 24.3 Å². The normalized spacial score (nSPS) is 12.4. The number of amides is 1. The Morgan fingerprint density at radius 2 is 1.88 bits per heavy atom. The van der Waals surface area contributed by atoms with E-state index >= 15 is 0 Å². The number of benzene rings is 1. The molecule has 0 aliphatic rings. The number of rotatable bonds is 10. The molecule has 1 amide bonds. The third-order valence-corrected chi connectivity index (χ3v) is 3.42. The first-order valence-electron chi connectivity index (χ1n) is 8.63. The van der Waals surface area contributed by atoms with Gasteiger partial charge in [0, 0.05) is 11.6 Å². The number of nitrogens with one attached hydrogen (secondary N) is 2. The van der Waals surface area contributed by atoms with Crippen molar-refractivity contribution < 1.29 is 19.1 Å². The first-order valence-corrected chi connectivity index (χ1v) is 8.63. The summed E-state index contributed by atoms with van der Waals surface area (Å²) in [5, 5.41) is 5.83. The fourth-order valence-corrected chi connectivity index (χ4v) is 2.35. The van der Waals surface area contributed by atoms with Crippen LogP contribution in [-0.4, -0.2) is 43.5 Å². The molecule has 25 heavy (non-hydrogen) atoms. The molecule has 1 aromatic carbocycles. The molecule has 0 aliphatic heterocycles. The van der Waals surface area contributed by atoms with Crippen LogP contribution >= 0.6 is 0 Å². The third-order valence-electron chi connectivity index (χ3n) is 3.42. The lowest BCUT2D eigenvalue weighted by molar-refractivity contribution is -0.139. The van der Waals surface area contributed by atoms with Gasteiger partial charge in [-0.25, -0.2) is 0 Å². The molecule has 1 atom stereocenters. The van der Waals surface area contributed by atoms with Gasteiger partial charge in [-0.15, -0.1) is 0 Å². The summed E-state index contributed by atoms with van der Waals surface area (Å²) in [7, 11) is 1.59. The fourth-order valence-electron chi connectivity index (χ4n) is 2.35. The topological polar surface area (TPSA) is 76.7 Å². The molecule has 6 heteroatoms. The van der Waals surface area contributed by atoms with Crippen molar-refractivity contribution in [2.24, 2.45) is 0 Å². The largest absolute Gasteiger partial charge is 0.497 e. The number of ketones is 1. The molecular formula is C19H30N2O4. The predicted molar refractivity (Wildman–Crippen MR) is 98.1 cm³/mol. The van der Waals surface area contributed by atoms with Gasteiger partial charge in [0.2, 0.25) is 5.78 Å². The second-order valence-electron chi connectivity index (χ2n) is 6.88. The van der Waals surface area contributed by atoms with E-state index in [1.807, 2.05) is 39.8 Å². The zero-order chi connectivity index (χ0) is 18.9. The van der Waals surface area contributed by atoms with E-state index in [2.05, 4.69) is 10.6 Å². The molecule has 0 aromatic heterocycles. The minimum atomic E-state index is -0.579. The van der Waals surface area contributed by atoms with Gasteiger partial charge in [0.05, 0.1) is 19.7 Å². The Morgan fingerprint density at radius 3 is 2.48 bits per heavy atom. The van der Waals surface area contributed by atoms with E-state index in [1.54, 1.807) is 19.2 Å². The molecule has 1 rings (SSSR count). The second-order valence-corrected chi connectivity index (χ2v) is 6.88. The van der Waals surface area contributed by atoms with Gasteiger partial charge in [0.15, 0.2) is 0 Å². The average Bonchev–Trinajstić information content (AvgIpc) is 2.56. The Morgan fingerprint density at radius 1 is 1.20 bits per heavy atom. The number of carbonyl (C=O) groups is 2. The molecule has 140 valence electrons. The maximum Gasteiger partial charge on any atom is 0.289 e. The maximum atomic E-state index is 12.3. The van der Waals surface area contributed by atoms with E-state index in [1.165, 1.54) is 0 Å². The van der Waals surface area contributed by atoms with Crippen molar-refractivity contribution in [3.05, 3.63) is 24.3 Å². The second kappa shape index (κ2) is 10.0. The lowest BCUT2D eigenvalue weighted by atomic mass is 10.0. The smallest absolute Gasteiger partial charge is 0.289 e. The Kier molecular flexibility index (Phi) is 8.41. The number of ether oxygens (including phenoxy) is 2. The van der Waals surface area contributed by atoms with E-state index in [-0.39, 0.29) is 18.7 Å². The summed E-state index contributed by atoms with van der Waals surface area (Å²) in [6, 6.07) is 6.74. The molecule has 2 N–H and O–H groups in total. The van der Waals surface area contributed by atoms with Crippen LogP contribution in [0.25, 0.3) is 0 Å². The average molecular weight is 350 g/mol. The van der Waals surface area contributed by atoms with E-state index in [4.69, 9.17) is 9.47 Å². The summed E-state index contributed by atoms with van der Waals surface area (Å²) in [5.74, 6) is 0.341. The molecule has 1 aromatic rings. The third kappa shape index (κ3) is 8.03. The zero-order valence-electron chi connectivity index (χ0n) is 15.8. The van der Waals surface area contributed by atoms with Crippen molar-refractivity contribution >= 4 is 11.7 Å². The van der Waals surface area contributed by atoms with Crippen molar-refractivity contribution in [2.45, 2.75) is 52.1 Å². The highest BCUT2D eigenvalue weighted by atomic mass is 16.5. The first-order chi connectivity index (χ1) is 11.8. The van der Waals surface area contributed by atoms with Gasteiger partial charge in [-0.3, -0.25) is 9.59 Å². The molecule has 0 saturated heterocycles. The van der Waals surface area contributed by atoms with Crippen LogP contribution in [-0.2, 0) is 9.59 Å². The van der Waals surface area contributed by atoms with Crippen LogP contribution in [0.5, 0.6) is 11.5 Å². The SMILES string of the molecule is CCCC(NC(C)(C)C)C(=O)C(=O)NCCOc1cccc(OC)c1. The van der Waals surface area contributed by atoms with Crippen LogP contribution in [0.1, 0.15) is 40.5 Å². The van der Waals surface area contributed by atoms with E-state index < -0.39 is 17.7 Å². The summed E-state index contributed by atoms with van der Waals surface area (Å²) >= 11 is 0. The Hall–Kier alpha value is -2.08. The number of methoxy groups -OCH3 is 1. The summed E-state index contributed by atoms with van der Waals surface area (Å²) in [4.78, 5) is 24.4. The van der Waals surface area contributed by atoms with Crippen LogP contribution in [0.3, 0.4) is 0 Å². The lowest BCUT2D eigenvalue weighted by Gasteiger charge is -2.27. The Balaban J connectivity index is 2.44. The molecule has 0 heterocycles. The minimum Gasteiger partial charge on any atom is -0.497 e. The van der Waals surface area contributed by atoms with Gasteiger partial charge >= 0.3 is 0 Å². The van der Waals surface area contributed by atoms with Gasteiger partial charge < -0.3 is 20.1 Å². The molecule has 0 spiro atoms. The lowest BCUT2D eigenvalue weighted by Crippen LogP contribution is -2.52. The van der Waals surface area contributed by atoms with Gasteiger partial charge in [0.1, 0.15) is 18.1 Å². The van der Waals surface area contributed by atoms with Crippen molar-refractivity contribution in [2.75, 3.05) is 20.3 Å². The number of carbonyl (C=O) groups excluding carboxylic acids is 2. The van der Waals surface area contributed by atoms with Gasteiger partial charge in [-0.05, 0) is 39.3 Å². The first kappa shape index (κ1) is 21.0. The van der Waals surface area contributed by atoms with Gasteiger partial charge in [0.25, 0.3) is 5.91 Å². The molecule has 0 saturated carbocycles. The summed E-state index contributed by atoms with van der Waals surface area (Å²) < 4.78 is 10.7. The van der Waals surface area contributed by atoms with Gasteiger partial charge in [-0.2, -0.15) is 0 Å². The fraction of sp³-hybridized carbons (Fsp3) is 0.579. The molecular weight excluding hydrogens is 320 g/mol. The zero-order valence-corrected chi connectivity index (χ0v) is 15.8. The molecule has 6 nitrogen and oxygen atoms in total. The highest BCUT2D eigenvalue weighted by Crippen LogP contribution is 2.18. The quantitative estimate of drug-likeness (QED) is 0.500. The molecule has 0 aliphatic carbocycles. The van der Waals surface area contributed by atoms with Crippen molar-refractivity contribution in [3.8, 4) is 11.5 Å². The molecule has 1 unspecified atom stereocenters. The van der Waals surface area contributed by atoms with Crippen LogP contribution in [0.2, 0.25) is 0 Å². The molecule has 0 fully saturated rings. The number of Topliss-reactive ketones (excluding diaryl/α,β-unsaturated/α-hetero) is 1. The molecule has 0 radical (unpaired) electrons. The van der Waals surface area contributed by atoms with E-state index in [9.17, 15) is 9.59 Å². The van der Waals surface area contributed by atoms with Crippen LogP contribution in [0, 0.1) is 0 Å². The summed E-state index contributed by atoms with van der Waals surface area (Å²) in [6.07, 6.45) is 1.45. The van der Waals surface area contributed by atoms with Crippen molar-refractivity contribution in [1.29, 1.82) is 0 Å². The minimum absolute atomic E-state index is 0.231. The highest BCUT2D eigenvalue weighted by Gasteiger charge is 2.27. The maximum absolute atomic E-state index is 12.3. The summed E-state index contributed by atoms with van der Waals surface area (Å²) in [5.41, 5.74) is -0.231. The number of hydrogen-bond acceptors (Lipinski definition) is 5. The highest BCUT2D eigenvalue weighted by molar-refractivity contribution is 6.38. The number of hydrogen-bond donors (Lipinski definition) is 2. The van der Waals surface area contributed by atoms with Crippen LogP contribution in [0.4, 0.5) is 0 Å². The monoisotopic (exact) mass is 350 g/mol. The Bertz CT molecular complexity index is 567. The van der Waals surface area contributed by atoms with Gasteiger partial charge in [-0.1, -0.05) is 19.4 Å².